The summed E-state index contributed by atoms with van der Waals surface area (Å²) in [6.45, 7) is -5.07. The maximum Gasteiger partial charge on any atom is 0.277 e. The van der Waals surface area contributed by atoms with Crippen molar-refractivity contribution in [1.29, 1.82) is 0 Å². The number of amides is 3. The van der Waals surface area contributed by atoms with E-state index in [-0.39, 0.29) is 42.0 Å². The molecule has 9 heteroatoms. The summed E-state index contributed by atoms with van der Waals surface area (Å²) in [4.78, 5) is 40.2. The van der Waals surface area contributed by atoms with Gasteiger partial charge < -0.3 is 20.3 Å². The molecule has 2 aliphatic heterocycles. The fraction of sp³-hybridized carbons (Fsp3) is 0.280. The fourth-order valence-corrected chi connectivity index (χ4v) is 3.75. The Morgan fingerprint density at radius 3 is 2.38 bits per heavy atom. The van der Waals surface area contributed by atoms with Crippen molar-refractivity contribution in [1.82, 2.24) is 9.78 Å². The zero-order valence-corrected chi connectivity index (χ0v) is 17.6. The van der Waals surface area contributed by atoms with Gasteiger partial charge in [0.05, 0.1) is 25.1 Å². The van der Waals surface area contributed by atoms with Gasteiger partial charge in [-0.25, -0.2) is 4.68 Å². The molecule has 2 aliphatic rings. The lowest BCUT2D eigenvalue weighted by Crippen LogP contribution is -2.39. The summed E-state index contributed by atoms with van der Waals surface area (Å²) in [7, 11) is -2.75. The third kappa shape index (κ3) is 3.68. The highest BCUT2D eigenvalue weighted by atomic mass is 16.5. The topological polar surface area (TPSA) is 111 Å². The Hall–Kier alpha value is -4.14. The maximum atomic E-state index is 14.1. The molecule has 174 valence electrons. The van der Waals surface area contributed by atoms with Crippen LogP contribution < -0.4 is 20.3 Å². The number of methoxy groups -OCH3 is 1. The van der Waals surface area contributed by atoms with E-state index in [0.29, 0.717) is 9.80 Å². The van der Waals surface area contributed by atoms with Crippen molar-refractivity contribution in [2.75, 3.05) is 29.8 Å². The third-order valence-electron chi connectivity index (χ3n) is 5.37. The van der Waals surface area contributed by atoms with Gasteiger partial charge in [0, 0.05) is 39.1 Å². The van der Waals surface area contributed by atoms with Crippen LogP contribution in [0.3, 0.4) is 0 Å². The van der Waals surface area contributed by atoms with Crippen LogP contribution in [0.1, 0.15) is 60.9 Å². The number of hydrogen-bond acceptors (Lipinski definition) is 5. The molecule has 3 heterocycles. The average molecular weight is 471 g/mol. The van der Waals surface area contributed by atoms with Gasteiger partial charge in [0.15, 0.2) is 5.69 Å². The summed E-state index contributed by atoms with van der Waals surface area (Å²) >= 11 is 0. The van der Waals surface area contributed by atoms with Crippen molar-refractivity contribution in [2.45, 2.75) is 25.7 Å². The molecule has 0 aliphatic carbocycles. The van der Waals surface area contributed by atoms with Crippen LogP contribution in [0.5, 0.6) is 5.75 Å². The lowest BCUT2D eigenvalue weighted by molar-refractivity contribution is -0.119. The molecular formula is C25H25N5O4. The largest absolute Gasteiger partial charge is 0.497 e. The summed E-state index contributed by atoms with van der Waals surface area (Å²) in [6, 6.07) is 1.59. The van der Waals surface area contributed by atoms with E-state index in [1.54, 1.807) is 0 Å². The normalized spacial score (nSPS) is 23.9. The Labute approximate surface area is 212 Å². The SMILES string of the molecule is [2H]c1c([2H])c(N2C(=O)c3c(c(C(N)=O)nn3-c3ccc(OC([2H])([2H])[2H])cc3)CC2([2H])[2H])c([2H])c([2H])c1N1C(=O)CCCC1([2H])[2H]. The van der Waals surface area contributed by atoms with Gasteiger partial charge in [0.1, 0.15) is 11.4 Å². The van der Waals surface area contributed by atoms with Crippen LogP contribution in [-0.4, -0.2) is 47.5 Å². The number of fused-ring (bicyclic) bond motifs is 1. The number of primary amides is 1. The summed E-state index contributed by atoms with van der Waals surface area (Å²) in [5.74, 6) is -3.10. The van der Waals surface area contributed by atoms with Gasteiger partial charge in [-0.15, -0.1) is 0 Å². The van der Waals surface area contributed by atoms with E-state index in [0.717, 1.165) is 4.68 Å². The first kappa shape index (κ1) is 12.4. The number of piperidine rings is 1. The van der Waals surface area contributed by atoms with E-state index >= 15 is 0 Å². The number of aromatic nitrogens is 2. The minimum atomic E-state index is -2.75. The van der Waals surface area contributed by atoms with Crippen LogP contribution in [0.2, 0.25) is 0 Å². The number of carbonyl (C=O) groups excluding carboxylic acids is 3. The first-order valence-corrected chi connectivity index (χ1v) is 10.3. The molecule has 2 aromatic carbocycles. The molecule has 2 N–H and O–H groups in total. The standard InChI is InChI=1S/C25H25N5O4/c1-34-19-11-9-18(10-12-19)30-23-20(22(27-30)24(26)32)13-15-29(25(23)33)17-7-5-16(6-8-17)28-14-3-2-4-21(28)31/h5-12H,2-4,13-15H2,1H3,(H2,26,32)/i1D3,5D,6D,7D,8D,14D2,15D2. The maximum absolute atomic E-state index is 14.1. The highest BCUT2D eigenvalue weighted by Crippen LogP contribution is 2.31. The van der Waals surface area contributed by atoms with Gasteiger partial charge >= 0.3 is 0 Å². The lowest BCUT2D eigenvalue weighted by Gasteiger charge is -2.29. The van der Waals surface area contributed by atoms with Crippen LogP contribution in [0.25, 0.3) is 5.69 Å². The first-order chi connectivity index (χ1) is 20.8. The molecule has 9 nitrogen and oxygen atoms in total. The number of benzene rings is 2. The molecule has 1 aromatic heterocycles. The van der Waals surface area contributed by atoms with Crippen LogP contribution in [-0.2, 0) is 11.2 Å². The van der Waals surface area contributed by atoms with Gasteiger partial charge in [0.25, 0.3) is 11.8 Å². The van der Waals surface area contributed by atoms with Crippen molar-refractivity contribution >= 4 is 29.1 Å². The highest BCUT2D eigenvalue weighted by Gasteiger charge is 2.34. The number of nitrogens with zero attached hydrogens (tertiary/aromatic N) is 4. The molecule has 34 heavy (non-hydrogen) atoms. The van der Waals surface area contributed by atoms with Gasteiger partial charge in [-0.2, -0.15) is 5.10 Å². The first-order valence-electron chi connectivity index (χ1n) is 15.8. The molecule has 0 bridgehead atoms. The Balaban J connectivity index is 1.68. The second kappa shape index (κ2) is 8.66. The van der Waals surface area contributed by atoms with Crippen molar-refractivity contribution < 1.29 is 34.2 Å². The monoisotopic (exact) mass is 470 g/mol. The Morgan fingerprint density at radius 1 is 1.03 bits per heavy atom. The molecule has 1 saturated heterocycles. The van der Waals surface area contributed by atoms with Crippen molar-refractivity contribution in [3.05, 3.63) is 65.4 Å². The summed E-state index contributed by atoms with van der Waals surface area (Å²) in [6.07, 6.45) is -0.706. The smallest absolute Gasteiger partial charge is 0.277 e. The van der Waals surface area contributed by atoms with Crippen LogP contribution in [0, 0.1) is 0 Å². The van der Waals surface area contributed by atoms with Crippen LogP contribution in [0.4, 0.5) is 11.4 Å². The molecule has 0 unspecified atom stereocenters. The number of rotatable bonds is 5. The Morgan fingerprint density at radius 2 is 1.74 bits per heavy atom. The number of anilines is 2. The van der Waals surface area contributed by atoms with Gasteiger partial charge in [-0.05, 0) is 67.7 Å². The molecule has 3 amide bonds. The van der Waals surface area contributed by atoms with Gasteiger partial charge in [-0.3, -0.25) is 14.4 Å². The lowest BCUT2D eigenvalue weighted by atomic mass is 10.0. The number of hydrogen-bond donors (Lipinski definition) is 1. The molecule has 5 rings (SSSR count). The molecule has 3 aromatic rings. The quantitative estimate of drug-likeness (QED) is 0.616. The number of nitrogens with two attached hydrogens (primary N) is 1. The molecule has 0 saturated carbocycles. The molecule has 1 fully saturated rings. The van der Waals surface area contributed by atoms with E-state index in [9.17, 15) is 14.4 Å². The van der Waals surface area contributed by atoms with E-state index < -0.39 is 85.4 Å². The van der Waals surface area contributed by atoms with Crippen molar-refractivity contribution in [3.63, 3.8) is 0 Å². The second-order valence-corrected chi connectivity index (χ2v) is 7.46. The summed E-state index contributed by atoms with van der Waals surface area (Å²) in [5.41, 5.74) is 3.17. The molecule has 0 atom stereocenters. The number of carbonyl (C=O) groups is 3. The van der Waals surface area contributed by atoms with Crippen LogP contribution >= 0.6 is 0 Å². The third-order valence-corrected chi connectivity index (χ3v) is 5.37. The zero-order valence-electron chi connectivity index (χ0n) is 28.6. The molecule has 0 radical (unpaired) electrons. The molecule has 0 spiro atoms. The fourth-order valence-electron chi connectivity index (χ4n) is 3.75. The average Bonchev–Trinajstić information content (AvgIpc) is 3.29. The van der Waals surface area contributed by atoms with Crippen LogP contribution in [0.15, 0.2) is 48.4 Å². The summed E-state index contributed by atoms with van der Waals surface area (Å²) in [5, 5.41) is 4.11. The van der Waals surface area contributed by atoms with Crippen molar-refractivity contribution in [2.24, 2.45) is 5.73 Å². The van der Waals surface area contributed by atoms with E-state index in [2.05, 4.69) is 5.10 Å². The Kier molecular flexibility index (Phi) is 3.15. The minimum absolute atomic E-state index is 0.0560. The zero-order chi connectivity index (χ0) is 33.4. The van der Waals surface area contributed by atoms with E-state index in [4.69, 9.17) is 25.5 Å². The molecular weight excluding hydrogens is 434 g/mol. The minimum Gasteiger partial charge on any atom is -0.497 e. The predicted octanol–water partition coefficient (Wildman–Crippen LogP) is 2.70. The Bertz CT molecular complexity index is 1730. The highest BCUT2D eigenvalue weighted by molar-refractivity contribution is 6.09. The van der Waals surface area contributed by atoms with Gasteiger partial charge in [0.2, 0.25) is 5.91 Å². The van der Waals surface area contributed by atoms with E-state index in [1.165, 1.54) is 24.3 Å². The van der Waals surface area contributed by atoms with E-state index in [1.807, 2.05) is 0 Å². The second-order valence-electron chi connectivity index (χ2n) is 7.46. The predicted molar refractivity (Wildman–Crippen MR) is 127 cm³/mol. The summed E-state index contributed by atoms with van der Waals surface area (Å²) < 4.78 is 96.2. The van der Waals surface area contributed by atoms with Crippen molar-refractivity contribution in [3.8, 4) is 11.4 Å². The van der Waals surface area contributed by atoms with Gasteiger partial charge in [-0.1, -0.05) is 0 Å². The number of ether oxygens (including phenoxy) is 1.